The Kier molecular flexibility index (Phi) is 8.41. The highest BCUT2D eigenvalue weighted by Crippen LogP contribution is 2.35. The SMILES string of the molecule is CC1(C)COSCN(C2CCCC(c3nnc(N[C@H]4N=C(c5ccccc5)c5ccccc5NC4=O)o3)CCC2)C1. The smallest absolute Gasteiger partial charge is 0.317 e. The third-order valence-electron chi connectivity index (χ3n) is 8.12. The number of anilines is 2. The van der Waals surface area contributed by atoms with Crippen LogP contribution in [0.2, 0.25) is 0 Å². The van der Waals surface area contributed by atoms with Crippen LogP contribution in [-0.2, 0) is 8.98 Å². The second kappa shape index (κ2) is 12.3. The standard InChI is InChI=1S/C31H38N6O3S/c1-31(2)18-37(20-41-39-19-31)23-14-8-12-22(13-9-15-23)29-35-36-30(40-29)34-27-28(38)32-25-17-7-6-16-24(25)26(33-27)21-10-4-3-5-11-21/h3-7,10-11,16-17,22-23,27H,8-9,12-15,18-20H2,1-2H3,(H,32,38)(H,34,36)/t22?,23?,27-/m1/s1. The topological polar surface area (TPSA) is 105 Å². The molecule has 10 heteroatoms. The molecule has 1 atom stereocenters. The number of nitrogens with zero attached hydrogens (tertiary/aromatic N) is 4. The summed E-state index contributed by atoms with van der Waals surface area (Å²) in [6.07, 6.45) is 5.64. The number of aliphatic imine (C=N–C) groups is 1. The van der Waals surface area contributed by atoms with Crippen LogP contribution in [-0.4, -0.2) is 58.0 Å². The molecule has 0 radical (unpaired) electrons. The number of carbonyl (C=O) groups is 1. The van der Waals surface area contributed by atoms with Gasteiger partial charge in [-0.25, -0.2) is 4.99 Å². The fraction of sp³-hybridized carbons (Fsp3) is 0.484. The third kappa shape index (κ3) is 6.66. The molecule has 0 spiro atoms. The number of fused-ring (bicyclic) bond motifs is 1. The quantitative estimate of drug-likeness (QED) is 0.354. The first-order chi connectivity index (χ1) is 19.9. The molecule has 2 aliphatic heterocycles. The minimum absolute atomic E-state index is 0.171. The Balaban J connectivity index is 1.13. The van der Waals surface area contributed by atoms with E-state index in [9.17, 15) is 4.79 Å². The van der Waals surface area contributed by atoms with Gasteiger partial charge in [0, 0.05) is 47.1 Å². The zero-order valence-corrected chi connectivity index (χ0v) is 24.5. The number of amides is 1. The predicted molar refractivity (Wildman–Crippen MR) is 162 cm³/mol. The van der Waals surface area contributed by atoms with Crippen LogP contribution in [0, 0.1) is 5.41 Å². The first-order valence-electron chi connectivity index (χ1n) is 14.6. The van der Waals surface area contributed by atoms with Crippen LogP contribution in [0.5, 0.6) is 0 Å². The van der Waals surface area contributed by atoms with Gasteiger partial charge in [0.25, 0.3) is 5.91 Å². The van der Waals surface area contributed by atoms with Crippen LogP contribution < -0.4 is 10.6 Å². The number of hydrogen-bond donors (Lipinski definition) is 2. The molecular formula is C31H38N6O3S. The Bertz CT molecular complexity index is 1370. The molecule has 1 saturated carbocycles. The molecule has 1 saturated heterocycles. The van der Waals surface area contributed by atoms with Crippen LogP contribution in [0.25, 0.3) is 0 Å². The van der Waals surface area contributed by atoms with Crippen molar-refractivity contribution in [3.63, 3.8) is 0 Å². The lowest BCUT2D eigenvalue weighted by molar-refractivity contribution is -0.116. The van der Waals surface area contributed by atoms with Gasteiger partial charge in [-0.2, -0.15) is 0 Å². The van der Waals surface area contributed by atoms with Crippen molar-refractivity contribution < 1.29 is 13.4 Å². The van der Waals surface area contributed by atoms with Crippen LogP contribution in [0.3, 0.4) is 0 Å². The number of benzodiazepines with no additional fused rings is 1. The Labute approximate surface area is 245 Å². The zero-order valence-electron chi connectivity index (χ0n) is 23.7. The molecule has 9 nitrogen and oxygen atoms in total. The Hall–Kier alpha value is -3.21. The summed E-state index contributed by atoms with van der Waals surface area (Å²) in [4.78, 5) is 20.6. The monoisotopic (exact) mass is 574 g/mol. The van der Waals surface area contributed by atoms with Gasteiger partial charge in [0.15, 0.2) is 0 Å². The molecule has 2 fully saturated rings. The lowest BCUT2D eigenvalue weighted by Crippen LogP contribution is -2.41. The molecule has 0 bridgehead atoms. The maximum Gasteiger partial charge on any atom is 0.317 e. The number of hydrogen-bond acceptors (Lipinski definition) is 9. The van der Waals surface area contributed by atoms with Gasteiger partial charge in [-0.05, 0) is 31.7 Å². The molecule has 2 N–H and O–H groups in total. The molecule has 1 aliphatic carbocycles. The summed E-state index contributed by atoms with van der Waals surface area (Å²) in [5, 5.41) is 14.8. The van der Waals surface area contributed by atoms with Crippen molar-refractivity contribution in [1.29, 1.82) is 0 Å². The van der Waals surface area contributed by atoms with E-state index in [-0.39, 0.29) is 23.3 Å². The molecule has 3 heterocycles. The van der Waals surface area contributed by atoms with E-state index in [1.54, 1.807) is 12.0 Å². The molecule has 1 aromatic heterocycles. The normalized spacial score (nSPS) is 25.5. The van der Waals surface area contributed by atoms with Crippen molar-refractivity contribution in [3.05, 3.63) is 71.6 Å². The fourth-order valence-corrected chi connectivity index (χ4v) is 6.95. The first kappa shape index (κ1) is 27.9. The Morgan fingerprint density at radius 3 is 2.56 bits per heavy atom. The second-order valence-electron chi connectivity index (χ2n) is 12.0. The van der Waals surface area contributed by atoms with Crippen LogP contribution in [0.1, 0.15) is 75.3 Å². The molecular weight excluding hydrogens is 536 g/mol. The molecule has 216 valence electrons. The van der Waals surface area contributed by atoms with Crippen molar-refractivity contribution in [2.75, 3.05) is 29.7 Å². The van der Waals surface area contributed by atoms with Gasteiger partial charge in [0.2, 0.25) is 12.1 Å². The largest absolute Gasteiger partial charge is 0.408 e. The number of para-hydroxylation sites is 1. The van der Waals surface area contributed by atoms with Crippen LogP contribution >= 0.6 is 12.0 Å². The Morgan fingerprint density at radius 1 is 1.00 bits per heavy atom. The van der Waals surface area contributed by atoms with Gasteiger partial charge in [0.05, 0.1) is 23.9 Å². The molecule has 6 rings (SSSR count). The molecule has 1 amide bonds. The maximum atomic E-state index is 13.2. The van der Waals surface area contributed by atoms with Crippen molar-refractivity contribution in [1.82, 2.24) is 15.1 Å². The summed E-state index contributed by atoms with van der Waals surface area (Å²) >= 11 is 1.59. The predicted octanol–water partition coefficient (Wildman–Crippen LogP) is 6.07. The zero-order chi connectivity index (χ0) is 28.2. The fourth-order valence-electron chi connectivity index (χ4n) is 6.04. The van der Waals surface area contributed by atoms with Crippen molar-refractivity contribution >= 4 is 35.4 Å². The van der Waals surface area contributed by atoms with Gasteiger partial charge in [-0.15, -0.1) is 5.10 Å². The molecule has 3 aromatic rings. The maximum absolute atomic E-state index is 13.2. The van der Waals surface area contributed by atoms with E-state index in [1.807, 2.05) is 54.6 Å². The van der Waals surface area contributed by atoms with Gasteiger partial charge in [-0.3, -0.25) is 9.69 Å². The number of rotatable bonds is 5. The van der Waals surface area contributed by atoms with E-state index in [0.717, 1.165) is 80.1 Å². The van der Waals surface area contributed by atoms with Crippen molar-refractivity contribution in [3.8, 4) is 0 Å². The first-order valence-corrected chi connectivity index (χ1v) is 15.5. The summed E-state index contributed by atoms with van der Waals surface area (Å²) in [5.74, 6) is 1.51. The number of nitrogens with one attached hydrogen (secondary N) is 2. The number of aromatic nitrogens is 2. The van der Waals surface area contributed by atoms with Gasteiger partial charge in [0.1, 0.15) is 0 Å². The summed E-state index contributed by atoms with van der Waals surface area (Å²) in [6.45, 7) is 6.45. The van der Waals surface area contributed by atoms with E-state index < -0.39 is 6.17 Å². The number of carbonyl (C=O) groups excluding carboxylic acids is 1. The van der Waals surface area contributed by atoms with Gasteiger partial charge in [-0.1, -0.05) is 80.3 Å². The lowest BCUT2D eigenvalue weighted by atomic mass is 9.87. The Morgan fingerprint density at radius 2 is 1.76 bits per heavy atom. The number of benzene rings is 2. The lowest BCUT2D eigenvalue weighted by Gasteiger charge is -2.35. The molecule has 41 heavy (non-hydrogen) atoms. The van der Waals surface area contributed by atoms with Crippen molar-refractivity contribution in [2.45, 2.75) is 70.5 Å². The van der Waals surface area contributed by atoms with E-state index in [4.69, 9.17) is 13.6 Å². The molecule has 2 aromatic carbocycles. The van der Waals surface area contributed by atoms with Gasteiger partial charge >= 0.3 is 6.01 Å². The van der Waals surface area contributed by atoms with Crippen molar-refractivity contribution in [2.24, 2.45) is 10.4 Å². The van der Waals surface area contributed by atoms with E-state index >= 15 is 0 Å². The third-order valence-corrected chi connectivity index (χ3v) is 8.84. The van der Waals surface area contributed by atoms with Crippen LogP contribution in [0.4, 0.5) is 11.7 Å². The minimum Gasteiger partial charge on any atom is -0.408 e. The highest BCUT2D eigenvalue weighted by molar-refractivity contribution is 7.94. The summed E-state index contributed by atoms with van der Waals surface area (Å²) in [7, 11) is 0. The van der Waals surface area contributed by atoms with E-state index in [2.05, 4.69) is 39.6 Å². The highest BCUT2D eigenvalue weighted by atomic mass is 32.2. The average Bonchev–Trinajstić information content (AvgIpc) is 3.27. The van der Waals surface area contributed by atoms with Crippen LogP contribution in [0.15, 0.2) is 64.0 Å². The summed E-state index contributed by atoms with van der Waals surface area (Å²) in [5.41, 5.74) is 3.41. The van der Waals surface area contributed by atoms with Gasteiger partial charge < -0.3 is 19.2 Å². The van der Waals surface area contributed by atoms with E-state index in [0.29, 0.717) is 11.9 Å². The summed E-state index contributed by atoms with van der Waals surface area (Å²) in [6, 6.07) is 18.4. The minimum atomic E-state index is -0.913. The highest BCUT2D eigenvalue weighted by Gasteiger charge is 2.32. The second-order valence-corrected chi connectivity index (χ2v) is 12.7. The average molecular weight is 575 g/mol. The van der Waals surface area contributed by atoms with E-state index in [1.165, 1.54) is 0 Å². The summed E-state index contributed by atoms with van der Waals surface area (Å²) < 4.78 is 11.9. The molecule has 0 unspecified atom stereocenters. The molecule has 3 aliphatic rings.